The summed E-state index contributed by atoms with van der Waals surface area (Å²) in [7, 11) is 4.29. The van der Waals surface area contributed by atoms with Crippen LogP contribution in [0.4, 0.5) is 5.69 Å². The fraction of sp³-hybridized carbons (Fsp3) is 0.500. The van der Waals surface area contributed by atoms with Gasteiger partial charge in [-0.05, 0) is 70.8 Å². The number of likely N-dealkylation sites (tertiary alicyclic amines) is 1. The monoisotopic (exact) mass is 646 g/mol. The van der Waals surface area contributed by atoms with Crippen molar-refractivity contribution in [2.45, 2.75) is 56.3 Å². The van der Waals surface area contributed by atoms with Crippen LogP contribution in [0.2, 0.25) is 5.02 Å². The Kier molecular flexibility index (Phi) is 8.23. The highest BCUT2D eigenvalue weighted by Gasteiger charge is 2.64. The van der Waals surface area contributed by atoms with E-state index < -0.39 is 87.8 Å². The number of ketones is 2. The Morgan fingerprint density at radius 2 is 1.89 bits per heavy atom. The predicted molar refractivity (Wildman–Crippen MR) is 159 cm³/mol. The number of nitrogens with one attached hydrogen (secondary N) is 1. The molecule has 15 heteroatoms. The third-order valence-electron chi connectivity index (χ3n) is 9.56. The number of phenolic OH excluding ortho intramolecular Hbond substituents is 1. The molecule has 4 unspecified atom stereocenters. The number of benzene rings is 1. The number of carbonyl (C=O) groups excluding carboxylic acids is 5. The number of aliphatic hydroxyl groups is 3. The van der Waals surface area contributed by atoms with Gasteiger partial charge in [-0.2, -0.15) is 0 Å². The van der Waals surface area contributed by atoms with Crippen LogP contribution in [0.5, 0.6) is 5.75 Å². The first-order valence-corrected chi connectivity index (χ1v) is 14.8. The smallest absolute Gasteiger partial charge is 0.323 e. The number of methoxy groups -OCH3 is 1. The Hall–Kier alpha value is -3.98. The standard InChI is InChI=1S/C30H35ClN4O10/c1-11(35-7-5-6-16(35)29(43)45-4)28(42)33-20-15(31)10-13-8-12-9-14-21(34(2)3)24(38)19(27(32)41)26(40)30(14,44)25(39)18(12)22(36)17(13)23(20)37/h10-12,14,16,21,36-37,40,44H,5-9H2,1-4H3,(H2,32,41)(H,33,42)/t11?,12?,14?,16?,21-,30-/m1/s1. The second kappa shape index (κ2) is 11.4. The van der Waals surface area contributed by atoms with Crippen molar-refractivity contribution >= 4 is 52.4 Å². The number of hydrogen-bond acceptors (Lipinski definition) is 12. The molecule has 1 aliphatic heterocycles. The zero-order valence-corrected chi connectivity index (χ0v) is 25.8. The number of hydrogen-bond donors (Lipinski definition) is 6. The minimum absolute atomic E-state index is 0.0427. The number of nitrogens with two attached hydrogens (primary N) is 1. The van der Waals surface area contributed by atoms with Crippen LogP contribution in [-0.4, -0.2) is 111 Å². The van der Waals surface area contributed by atoms with Gasteiger partial charge in [0.1, 0.15) is 28.8 Å². The number of rotatable bonds is 6. The van der Waals surface area contributed by atoms with Crippen molar-refractivity contribution in [3.8, 4) is 5.75 Å². The van der Waals surface area contributed by atoms with Crippen molar-refractivity contribution in [3.63, 3.8) is 0 Å². The summed E-state index contributed by atoms with van der Waals surface area (Å²) in [5.41, 5.74) is 1.21. The SMILES string of the molecule is COC(=O)C1CCCN1C(C)C(=O)Nc1c(Cl)cc2c(c1O)C(O)=C1C(=O)[C@@]3(O)C(O)=C(C(N)=O)C(=O)[C@H](N(C)C)C3CC1C2. The molecule has 2 fully saturated rings. The summed E-state index contributed by atoms with van der Waals surface area (Å²) < 4.78 is 4.85. The van der Waals surface area contributed by atoms with E-state index in [9.17, 15) is 44.4 Å². The Bertz CT molecular complexity index is 1600. The van der Waals surface area contributed by atoms with Gasteiger partial charge in [0.25, 0.3) is 5.91 Å². The number of carbonyl (C=O) groups is 5. The zero-order valence-electron chi connectivity index (χ0n) is 25.1. The van der Waals surface area contributed by atoms with E-state index in [0.29, 0.717) is 24.9 Å². The van der Waals surface area contributed by atoms with Crippen LogP contribution < -0.4 is 11.1 Å². The normalized spacial score (nSPS) is 28.9. The number of Topliss-reactive ketones (excluding diaryl/α,β-unsaturated/α-hetero) is 2. The lowest BCUT2D eigenvalue weighted by atomic mass is 9.57. The molecule has 0 bridgehead atoms. The fourth-order valence-corrected chi connectivity index (χ4v) is 7.67. The molecule has 1 saturated heterocycles. The summed E-state index contributed by atoms with van der Waals surface area (Å²) in [6.07, 6.45) is 1.15. The highest BCUT2D eigenvalue weighted by atomic mass is 35.5. The maximum atomic E-state index is 14.0. The topological polar surface area (TPSA) is 220 Å². The van der Waals surface area contributed by atoms with E-state index in [-0.39, 0.29) is 34.7 Å². The van der Waals surface area contributed by atoms with Crippen molar-refractivity contribution in [2.75, 3.05) is 33.1 Å². The molecular weight excluding hydrogens is 612 g/mol. The van der Waals surface area contributed by atoms with Crippen LogP contribution in [0.3, 0.4) is 0 Å². The van der Waals surface area contributed by atoms with E-state index >= 15 is 0 Å². The summed E-state index contributed by atoms with van der Waals surface area (Å²) >= 11 is 6.51. The van der Waals surface area contributed by atoms with Crippen molar-refractivity contribution in [1.29, 1.82) is 0 Å². The molecule has 0 spiro atoms. The minimum Gasteiger partial charge on any atom is -0.508 e. The van der Waals surface area contributed by atoms with Crippen molar-refractivity contribution < 1.29 is 49.1 Å². The minimum atomic E-state index is -2.77. The third kappa shape index (κ3) is 4.78. The zero-order chi connectivity index (χ0) is 33.3. The molecular formula is C30H35ClN4O10. The maximum Gasteiger partial charge on any atom is 0.323 e. The van der Waals surface area contributed by atoms with E-state index in [4.69, 9.17) is 22.1 Å². The Morgan fingerprint density at radius 1 is 1.22 bits per heavy atom. The summed E-state index contributed by atoms with van der Waals surface area (Å²) in [6.45, 7) is 2.04. The lowest BCUT2D eigenvalue weighted by Crippen LogP contribution is -2.65. The van der Waals surface area contributed by atoms with Crippen LogP contribution in [0, 0.1) is 11.8 Å². The number of esters is 1. The first-order chi connectivity index (χ1) is 21.1. The molecule has 242 valence electrons. The van der Waals surface area contributed by atoms with Gasteiger partial charge in [-0.1, -0.05) is 11.6 Å². The molecule has 1 heterocycles. The van der Waals surface area contributed by atoms with E-state index in [1.165, 1.54) is 32.2 Å². The van der Waals surface area contributed by atoms with Gasteiger partial charge in [0.15, 0.2) is 17.1 Å². The van der Waals surface area contributed by atoms with Crippen molar-refractivity contribution in [3.05, 3.63) is 39.1 Å². The molecule has 7 N–H and O–H groups in total. The molecule has 2 amide bonds. The molecule has 5 rings (SSSR count). The van der Waals surface area contributed by atoms with Gasteiger partial charge in [0.2, 0.25) is 11.7 Å². The van der Waals surface area contributed by atoms with E-state index in [2.05, 4.69) is 5.32 Å². The number of anilines is 1. The second-order valence-corrected chi connectivity index (χ2v) is 12.6. The van der Waals surface area contributed by atoms with Gasteiger partial charge < -0.3 is 36.2 Å². The lowest BCUT2D eigenvalue weighted by Gasteiger charge is -2.50. The summed E-state index contributed by atoms with van der Waals surface area (Å²) in [5.74, 6) is -8.93. The van der Waals surface area contributed by atoms with Gasteiger partial charge in [-0.15, -0.1) is 0 Å². The van der Waals surface area contributed by atoms with Crippen LogP contribution in [0.25, 0.3) is 5.76 Å². The predicted octanol–water partition coefficient (Wildman–Crippen LogP) is 0.582. The molecule has 0 aromatic heterocycles. The number of phenols is 1. The van der Waals surface area contributed by atoms with E-state index in [1.807, 2.05) is 0 Å². The summed E-state index contributed by atoms with van der Waals surface area (Å²) in [5, 5.41) is 48.0. The molecule has 0 radical (unpaired) electrons. The number of halogens is 1. The van der Waals surface area contributed by atoms with Gasteiger partial charge in [-0.25, -0.2) is 0 Å². The summed E-state index contributed by atoms with van der Waals surface area (Å²) in [4.78, 5) is 68.0. The maximum absolute atomic E-state index is 14.0. The largest absolute Gasteiger partial charge is 0.508 e. The molecule has 14 nitrogen and oxygen atoms in total. The number of aliphatic hydroxyl groups excluding tert-OH is 2. The fourth-order valence-electron chi connectivity index (χ4n) is 7.40. The highest BCUT2D eigenvalue weighted by molar-refractivity contribution is 6.34. The molecule has 1 saturated carbocycles. The Balaban J connectivity index is 1.55. The van der Waals surface area contributed by atoms with Crippen LogP contribution in [0.15, 0.2) is 23.0 Å². The molecule has 4 aliphatic rings. The van der Waals surface area contributed by atoms with E-state index in [0.717, 1.165) is 0 Å². The molecule has 3 aliphatic carbocycles. The first kappa shape index (κ1) is 32.4. The Labute approximate surface area is 263 Å². The van der Waals surface area contributed by atoms with Gasteiger partial charge in [0, 0.05) is 11.5 Å². The molecule has 45 heavy (non-hydrogen) atoms. The van der Waals surface area contributed by atoms with E-state index in [1.54, 1.807) is 11.8 Å². The quantitative estimate of drug-likeness (QED) is 0.142. The van der Waals surface area contributed by atoms with Crippen LogP contribution in [0.1, 0.15) is 37.3 Å². The Morgan fingerprint density at radius 3 is 2.49 bits per heavy atom. The third-order valence-corrected chi connectivity index (χ3v) is 9.85. The van der Waals surface area contributed by atoms with Gasteiger partial charge >= 0.3 is 5.97 Å². The number of aromatic hydroxyl groups is 1. The average Bonchev–Trinajstić information content (AvgIpc) is 3.45. The molecule has 1 aromatic carbocycles. The van der Waals surface area contributed by atoms with Crippen molar-refractivity contribution in [2.24, 2.45) is 17.6 Å². The number of primary amides is 1. The van der Waals surface area contributed by atoms with Crippen LogP contribution in [-0.2, 0) is 35.1 Å². The first-order valence-electron chi connectivity index (χ1n) is 14.4. The number of nitrogens with zero attached hydrogens (tertiary/aromatic N) is 2. The molecule has 1 aromatic rings. The van der Waals surface area contributed by atoms with Crippen LogP contribution >= 0.6 is 11.6 Å². The lowest BCUT2D eigenvalue weighted by molar-refractivity contribution is -0.154. The van der Waals surface area contributed by atoms with Crippen molar-refractivity contribution in [1.82, 2.24) is 9.80 Å². The number of likely N-dealkylation sites (N-methyl/N-ethyl adjacent to an activating group) is 1. The van der Waals surface area contributed by atoms with Gasteiger partial charge in [0.05, 0.1) is 29.8 Å². The average molecular weight is 647 g/mol. The number of fused-ring (bicyclic) bond motifs is 3. The van der Waals surface area contributed by atoms with Gasteiger partial charge in [-0.3, -0.25) is 33.8 Å². The number of amides is 2. The second-order valence-electron chi connectivity index (χ2n) is 12.2. The highest BCUT2D eigenvalue weighted by Crippen LogP contribution is 2.54. The summed E-state index contributed by atoms with van der Waals surface area (Å²) in [6, 6.07) is -1.23. The molecule has 6 atom stereocenters. The number of ether oxygens (including phenoxy) is 1.